The van der Waals surface area contributed by atoms with Crippen LogP contribution in [0.15, 0.2) is 48.5 Å². The van der Waals surface area contributed by atoms with Gasteiger partial charge in [-0.25, -0.2) is 4.98 Å². The second kappa shape index (κ2) is 8.66. The summed E-state index contributed by atoms with van der Waals surface area (Å²) in [5.74, 6) is 1.03. The highest BCUT2D eigenvalue weighted by Crippen LogP contribution is 2.39. The maximum absolute atomic E-state index is 9.83. The Balaban J connectivity index is 2.22. The standard InChI is InChI=1S/C24H26N4O/c1-5-28(6-2)19-11-7-18(8-12-19)23-21(15-25)24(26)27-16(3)22(23)17-9-13-20(29-4)14-10-17/h7-14H,5-6H2,1-4H3,(H2,26,27). The van der Waals surface area contributed by atoms with Crippen LogP contribution < -0.4 is 15.4 Å². The van der Waals surface area contributed by atoms with Gasteiger partial charge in [-0.3, -0.25) is 0 Å². The Kier molecular flexibility index (Phi) is 6.04. The first kappa shape index (κ1) is 20.2. The lowest BCUT2D eigenvalue weighted by molar-refractivity contribution is 0.415. The van der Waals surface area contributed by atoms with Gasteiger partial charge in [0.2, 0.25) is 0 Å². The molecule has 0 unspecified atom stereocenters. The zero-order chi connectivity index (χ0) is 21.0. The zero-order valence-corrected chi connectivity index (χ0v) is 17.4. The molecule has 0 aliphatic heterocycles. The number of hydrogen-bond donors (Lipinski definition) is 1. The molecular weight excluding hydrogens is 360 g/mol. The van der Waals surface area contributed by atoms with Crippen molar-refractivity contribution in [3.63, 3.8) is 0 Å². The van der Waals surface area contributed by atoms with E-state index in [2.05, 4.69) is 54.1 Å². The maximum atomic E-state index is 9.83. The van der Waals surface area contributed by atoms with Crippen molar-refractivity contribution >= 4 is 11.5 Å². The lowest BCUT2D eigenvalue weighted by Crippen LogP contribution is -2.21. The highest BCUT2D eigenvalue weighted by Gasteiger charge is 2.19. The second-order valence-corrected chi connectivity index (χ2v) is 6.77. The molecule has 0 atom stereocenters. The number of aromatic nitrogens is 1. The zero-order valence-electron chi connectivity index (χ0n) is 17.4. The molecular formula is C24H26N4O. The number of ether oxygens (including phenoxy) is 1. The number of nitrogen functional groups attached to an aromatic ring is 1. The molecule has 2 N–H and O–H groups in total. The molecule has 1 heterocycles. The van der Waals surface area contributed by atoms with Gasteiger partial charge in [0.05, 0.1) is 7.11 Å². The summed E-state index contributed by atoms with van der Waals surface area (Å²) in [6, 6.07) is 18.3. The van der Waals surface area contributed by atoms with Gasteiger partial charge >= 0.3 is 0 Å². The van der Waals surface area contributed by atoms with Crippen molar-refractivity contribution in [1.29, 1.82) is 5.26 Å². The molecule has 0 fully saturated rings. The summed E-state index contributed by atoms with van der Waals surface area (Å²) in [6.45, 7) is 8.08. The molecule has 0 aliphatic carbocycles. The molecule has 5 heteroatoms. The lowest BCUT2D eigenvalue weighted by Gasteiger charge is -2.22. The number of hydrogen-bond acceptors (Lipinski definition) is 5. The molecule has 0 aliphatic rings. The average Bonchev–Trinajstić information content (AvgIpc) is 2.75. The van der Waals surface area contributed by atoms with Crippen molar-refractivity contribution in [2.24, 2.45) is 0 Å². The summed E-state index contributed by atoms with van der Waals surface area (Å²) >= 11 is 0. The van der Waals surface area contributed by atoms with Crippen LogP contribution in [0.3, 0.4) is 0 Å². The Morgan fingerprint density at radius 1 is 0.966 bits per heavy atom. The third-order valence-electron chi connectivity index (χ3n) is 5.18. The van der Waals surface area contributed by atoms with Crippen molar-refractivity contribution in [1.82, 2.24) is 4.98 Å². The number of benzene rings is 2. The largest absolute Gasteiger partial charge is 0.497 e. The van der Waals surface area contributed by atoms with Crippen LogP contribution in [-0.4, -0.2) is 25.2 Å². The third-order valence-corrected chi connectivity index (χ3v) is 5.18. The number of nitrogens with two attached hydrogens (primary N) is 1. The van der Waals surface area contributed by atoms with Gasteiger partial charge in [-0.2, -0.15) is 5.26 Å². The number of rotatable bonds is 6. The Morgan fingerprint density at radius 3 is 2.03 bits per heavy atom. The van der Waals surface area contributed by atoms with Gasteiger partial charge in [0, 0.05) is 35.6 Å². The summed E-state index contributed by atoms with van der Waals surface area (Å²) < 4.78 is 5.28. The molecule has 148 valence electrons. The molecule has 3 aromatic rings. The SMILES string of the molecule is CCN(CC)c1ccc(-c2c(C#N)c(N)nc(C)c2-c2ccc(OC)cc2)cc1. The van der Waals surface area contributed by atoms with Crippen LogP contribution in [0.1, 0.15) is 25.1 Å². The molecule has 0 spiro atoms. The predicted octanol–water partition coefficient (Wildman–Crippen LogP) is 5.03. The first-order chi connectivity index (χ1) is 14.0. The first-order valence-corrected chi connectivity index (χ1v) is 9.73. The Morgan fingerprint density at radius 2 is 1.52 bits per heavy atom. The summed E-state index contributed by atoms with van der Waals surface area (Å²) in [5, 5.41) is 9.83. The number of methoxy groups -OCH3 is 1. The molecule has 5 nitrogen and oxygen atoms in total. The highest BCUT2D eigenvalue weighted by atomic mass is 16.5. The van der Waals surface area contributed by atoms with Gasteiger partial charge in [-0.1, -0.05) is 24.3 Å². The molecule has 0 saturated carbocycles. The molecule has 0 bridgehead atoms. The van der Waals surface area contributed by atoms with E-state index in [0.717, 1.165) is 52.5 Å². The number of nitrogens with zero attached hydrogens (tertiary/aromatic N) is 3. The number of anilines is 2. The van der Waals surface area contributed by atoms with Crippen LogP contribution in [0.5, 0.6) is 5.75 Å². The predicted molar refractivity (Wildman–Crippen MR) is 119 cm³/mol. The van der Waals surface area contributed by atoms with E-state index in [1.807, 2.05) is 31.2 Å². The average molecular weight is 386 g/mol. The van der Waals surface area contributed by atoms with Crippen molar-refractivity contribution in [3.05, 3.63) is 59.8 Å². The smallest absolute Gasteiger partial charge is 0.142 e. The van der Waals surface area contributed by atoms with E-state index in [-0.39, 0.29) is 5.82 Å². The lowest BCUT2D eigenvalue weighted by atomic mass is 9.90. The summed E-state index contributed by atoms with van der Waals surface area (Å²) in [7, 11) is 1.64. The Hall–Kier alpha value is -3.52. The molecule has 29 heavy (non-hydrogen) atoms. The quantitative estimate of drug-likeness (QED) is 0.643. The van der Waals surface area contributed by atoms with Crippen molar-refractivity contribution in [2.45, 2.75) is 20.8 Å². The highest BCUT2D eigenvalue weighted by molar-refractivity contribution is 5.91. The van der Waals surface area contributed by atoms with Gasteiger partial charge < -0.3 is 15.4 Å². The summed E-state index contributed by atoms with van der Waals surface area (Å²) in [5.41, 5.74) is 12.1. The van der Waals surface area contributed by atoms with E-state index >= 15 is 0 Å². The molecule has 0 amide bonds. The second-order valence-electron chi connectivity index (χ2n) is 6.77. The van der Waals surface area contributed by atoms with Crippen LogP contribution >= 0.6 is 0 Å². The fourth-order valence-corrected chi connectivity index (χ4v) is 3.67. The summed E-state index contributed by atoms with van der Waals surface area (Å²) in [6.07, 6.45) is 0. The summed E-state index contributed by atoms with van der Waals surface area (Å²) in [4.78, 5) is 6.72. The van der Waals surface area contributed by atoms with Crippen LogP contribution in [0.25, 0.3) is 22.3 Å². The van der Waals surface area contributed by atoms with Crippen LogP contribution in [0.4, 0.5) is 11.5 Å². The van der Waals surface area contributed by atoms with Crippen molar-refractivity contribution < 1.29 is 4.74 Å². The van der Waals surface area contributed by atoms with Crippen molar-refractivity contribution in [3.8, 4) is 34.1 Å². The van der Waals surface area contributed by atoms with Gasteiger partial charge in [-0.05, 0) is 56.2 Å². The third kappa shape index (κ3) is 3.88. The minimum absolute atomic E-state index is 0.255. The van der Waals surface area contributed by atoms with Crippen molar-refractivity contribution in [2.75, 3.05) is 30.8 Å². The number of pyridine rings is 1. The molecule has 0 radical (unpaired) electrons. The Bertz CT molecular complexity index is 1030. The van der Waals surface area contributed by atoms with E-state index in [0.29, 0.717) is 5.56 Å². The Labute approximate surface area is 172 Å². The number of nitriles is 1. The normalized spacial score (nSPS) is 10.4. The van der Waals surface area contributed by atoms with Gasteiger partial charge in [0.15, 0.2) is 0 Å². The van der Waals surface area contributed by atoms with Crippen LogP contribution in [0.2, 0.25) is 0 Å². The van der Waals surface area contributed by atoms with Crippen LogP contribution in [0, 0.1) is 18.3 Å². The van der Waals surface area contributed by atoms with E-state index in [1.165, 1.54) is 0 Å². The topological polar surface area (TPSA) is 75.2 Å². The minimum Gasteiger partial charge on any atom is -0.497 e. The minimum atomic E-state index is 0.255. The van der Waals surface area contributed by atoms with E-state index in [4.69, 9.17) is 10.5 Å². The van der Waals surface area contributed by atoms with E-state index in [1.54, 1.807) is 7.11 Å². The monoisotopic (exact) mass is 386 g/mol. The molecule has 0 saturated heterocycles. The van der Waals surface area contributed by atoms with E-state index < -0.39 is 0 Å². The maximum Gasteiger partial charge on any atom is 0.142 e. The molecule has 2 aromatic carbocycles. The van der Waals surface area contributed by atoms with E-state index in [9.17, 15) is 5.26 Å². The fourth-order valence-electron chi connectivity index (χ4n) is 3.67. The van der Waals surface area contributed by atoms with Gasteiger partial charge in [0.25, 0.3) is 0 Å². The number of aryl methyl sites for hydroxylation is 1. The fraction of sp³-hybridized carbons (Fsp3) is 0.250. The molecule has 3 rings (SSSR count). The van der Waals surface area contributed by atoms with Gasteiger partial charge in [-0.15, -0.1) is 0 Å². The van der Waals surface area contributed by atoms with Crippen LogP contribution in [-0.2, 0) is 0 Å². The molecule has 1 aromatic heterocycles. The first-order valence-electron chi connectivity index (χ1n) is 9.73. The van der Waals surface area contributed by atoms with Gasteiger partial charge in [0.1, 0.15) is 23.2 Å².